The summed E-state index contributed by atoms with van der Waals surface area (Å²) in [4.78, 5) is 9.96. The summed E-state index contributed by atoms with van der Waals surface area (Å²) in [5.41, 5.74) is 0.391. The summed E-state index contributed by atoms with van der Waals surface area (Å²) in [6.07, 6.45) is 0. The van der Waals surface area contributed by atoms with Gasteiger partial charge in [0.05, 0.1) is 0 Å². The molecule has 0 bridgehead atoms. The summed E-state index contributed by atoms with van der Waals surface area (Å²) in [6, 6.07) is 4.61. The predicted molar refractivity (Wildman–Crippen MR) is 33.2 cm³/mol. The number of phenolic OH excluding ortho intramolecular Hbond substituents is 1. The van der Waals surface area contributed by atoms with Gasteiger partial charge in [-0.2, -0.15) is 0 Å². The normalized spacial score (nSPS) is 9.40. The Morgan fingerprint density at radius 3 is 2.70 bits per heavy atom. The second-order valence-electron chi connectivity index (χ2n) is 1.90. The Balaban J connectivity index is 3.16. The molecule has 0 heterocycles. The van der Waals surface area contributed by atoms with E-state index in [1.165, 1.54) is 12.1 Å². The standard InChI is InChI=1S/C6H4NO2.Hg/c8-6-3-1-5(7-9)2-4-6;/h1-3,8H;. The van der Waals surface area contributed by atoms with E-state index in [2.05, 4.69) is 5.18 Å². The van der Waals surface area contributed by atoms with Crippen molar-refractivity contribution in [2.24, 2.45) is 5.18 Å². The summed E-state index contributed by atoms with van der Waals surface area (Å²) in [7, 11) is 0. The molecule has 0 unspecified atom stereocenters. The van der Waals surface area contributed by atoms with Crippen molar-refractivity contribution in [2.45, 2.75) is 0 Å². The molecule has 3 nitrogen and oxygen atoms in total. The summed E-state index contributed by atoms with van der Waals surface area (Å²) in [5, 5.41) is 11.8. The molecular formula is C6H4HgNO2. The maximum absolute atomic E-state index is 9.96. The van der Waals surface area contributed by atoms with Crippen LogP contribution in [0.5, 0.6) is 5.75 Å². The molecule has 0 saturated heterocycles. The van der Waals surface area contributed by atoms with Crippen LogP contribution in [0.25, 0.3) is 0 Å². The fourth-order valence-electron chi connectivity index (χ4n) is 0.629. The van der Waals surface area contributed by atoms with Crippen molar-refractivity contribution in [1.82, 2.24) is 0 Å². The van der Waals surface area contributed by atoms with Gasteiger partial charge in [0, 0.05) is 0 Å². The van der Waals surface area contributed by atoms with Gasteiger partial charge in [-0.25, -0.2) is 0 Å². The number of rotatable bonds is 1. The summed E-state index contributed by atoms with van der Waals surface area (Å²) >= 11 is 0.338. The Labute approximate surface area is 74.0 Å². The van der Waals surface area contributed by atoms with Crippen LogP contribution in [0.2, 0.25) is 0 Å². The molecule has 1 aromatic carbocycles. The Morgan fingerprint density at radius 1 is 1.50 bits per heavy atom. The molecule has 0 fully saturated rings. The van der Waals surface area contributed by atoms with Crippen LogP contribution in [0.15, 0.2) is 23.4 Å². The van der Waals surface area contributed by atoms with Crippen molar-refractivity contribution in [3.63, 3.8) is 0 Å². The number of aromatic hydroxyl groups is 1. The van der Waals surface area contributed by atoms with Crippen LogP contribution in [-0.2, 0) is 26.1 Å². The summed E-state index contributed by atoms with van der Waals surface area (Å²) in [5.74, 6) is 0.274. The zero-order valence-corrected chi connectivity index (χ0v) is 10.7. The van der Waals surface area contributed by atoms with Gasteiger partial charge in [0.1, 0.15) is 0 Å². The van der Waals surface area contributed by atoms with E-state index in [9.17, 15) is 4.91 Å². The fraction of sp³-hybridized carbons (Fsp3) is 0. The third-order valence-electron chi connectivity index (χ3n) is 1.17. The van der Waals surface area contributed by atoms with E-state index in [1.807, 2.05) is 0 Å². The maximum atomic E-state index is 9.96. The van der Waals surface area contributed by atoms with Crippen molar-refractivity contribution in [3.05, 3.63) is 23.1 Å². The molecule has 4 heteroatoms. The van der Waals surface area contributed by atoms with Gasteiger partial charge in [0.25, 0.3) is 0 Å². The molecule has 0 aliphatic heterocycles. The Bertz CT molecular complexity index is 262. The zero-order chi connectivity index (χ0) is 7.56. The Hall–Kier alpha value is -0.445. The van der Waals surface area contributed by atoms with E-state index in [1.54, 1.807) is 6.07 Å². The van der Waals surface area contributed by atoms with Crippen LogP contribution in [-0.4, -0.2) is 5.11 Å². The molecule has 0 saturated carbocycles. The molecule has 0 aliphatic carbocycles. The minimum absolute atomic E-state index is 0.274. The van der Waals surface area contributed by atoms with Gasteiger partial charge in [-0.3, -0.25) is 0 Å². The molecule has 1 aromatic rings. The second-order valence-corrected chi connectivity index (χ2v) is 4.87. The molecule has 0 spiro atoms. The molecule has 10 heavy (non-hydrogen) atoms. The number of phenols is 1. The van der Waals surface area contributed by atoms with E-state index < -0.39 is 0 Å². The fourth-order valence-corrected chi connectivity index (χ4v) is 1.90. The number of nitrogens with zero attached hydrogens (tertiary/aromatic N) is 1. The van der Waals surface area contributed by atoms with Crippen LogP contribution in [0, 0.1) is 4.91 Å². The van der Waals surface area contributed by atoms with Crippen molar-refractivity contribution >= 4 is 8.76 Å². The van der Waals surface area contributed by atoms with Gasteiger partial charge in [0.15, 0.2) is 0 Å². The average Bonchev–Trinajstić information content (AvgIpc) is 1.95. The van der Waals surface area contributed by atoms with Gasteiger partial charge in [-0.05, 0) is 0 Å². The molecule has 0 amide bonds. The zero-order valence-electron chi connectivity index (χ0n) is 5.24. The summed E-state index contributed by atoms with van der Waals surface area (Å²) in [6.45, 7) is 0. The first kappa shape index (κ1) is 7.66. The number of hydrogen-bond acceptors (Lipinski definition) is 3. The van der Waals surface area contributed by atoms with E-state index >= 15 is 0 Å². The SMILES string of the molecule is O=Nc1ccc(O)[c]([Hg])c1. The first-order chi connectivity index (χ1) is 4.74. The van der Waals surface area contributed by atoms with E-state index in [0.717, 1.165) is 3.07 Å². The summed E-state index contributed by atoms with van der Waals surface area (Å²) < 4.78 is 0.858. The quantitative estimate of drug-likeness (QED) is 0.618. The molecule has 1 rings (SSSR count). The molecule has 47 valence electrons. The van der Waals surface area contributed by atoms with Gasteiger partial charge in [-0.1, -0.05) is 0 Å². The number of benzene rings is 1. The van der Waals surface area contributed by atoms with Gasteiger partial charge in [0.2, 0.25) is 0 Å². The van der Waals surface area contributed by atoms with E-state index in [-0.39, 0.29) is 5.75 Å². The van der Waals surface area contributed by atoms with E-state index in [4.69, 9.17) is 5.11 Å². The topological polar surface area (TPSA) is 49.7 Å². The van der Waals surface area contributed by atoms with Crippen molar-refractivity contribution in [3.8, 4) is 5.75 Å². The van der Waals surface area contributed by atoms with E-state index in [0.29, 0.717) is 31.8 Å². The molecule has 0 aliphatic rings. The van der Waals surface area contributed by atoms with Gasteiger partial charge in [-0.15, -0.1) is 0 Å². The van der Waals surface area contributed by atoms with Crippen LogP contribution in [0.1, 0.15) is 0 Å². The molecule has 0 radical (unpaired) electrons. The third kappa shape index (κ3) is 1.53. The second kappa shape index (κ2) is 3.10. The molecule has 1 N–H and O–H groups in total. The van der Waals surface area contributed by atoms with Crippen LogP contribution in [0.4, 0.5) is 5.69 Å². The minimum atomic E-state index is 0.274. The van der Waals surface area contributed by atoms with Crippen molar-refractivity contribution in [1.29, 1.82) is 0 Å². The van der Waals surface area contributed by atoms with Gasteiger partial charge < -0.3 is 0 Å². The van der Waals surface area contributed by atoms with Gasteiger partial charge >= 0.3 is 74.0 Å². The van der Waals surface area contributed by atoms with Crippen molar-refractivity contribution in [2.75, 3.05) is 0 Å². The average molecular weight is 323 g/mol. The monoisotopic (exact) mass is 324 g/mol. The number of hydrogen-bond donors (Lipinski definition) is 1. The first-order valence-corrected chi connectivity index (χ1v) is 5.47. The molecular weight excluding hydrogens is 319 g/mol. The van der Waals surface area contributed by atoms with Crippen LogP contribution >= 0.6 is 0 Å². The number of nitroso groups, excluding NO2 is 1. The molecule has 0 atom stereocenters. The molecule has 0 aromatic heterocycles. The van der Waals surface area contributed by atoms with Crippen molar-refractivity contribution < 1.29 is 31.2 Å². The Kier molecular flexibility index (Phi) is 2.37. The first-order valence-electron chi connectivity index (χ1n) is 2.72. The van der Waals surface area contributed by atoms with Crippen LogP contribution in [0.3, 0.4) is 0 Å². The Morgan fingerprint density at radius 2 is 2.20 bits per heavy atom. The third-order valence-corrected chi connectivity index (χ3v) is 3.37. The van der Waals surface area contributed by atoms with Crippen LogP contribution < -0.4 is 3.07 Å². The predicted octanol–water partition coefficient (Wildman–Crippen LogP) is 0.962.